The lowest BCUT2D eigenvalue weighted by Gasteiger charge is -2.25. The van der Waals surface area contributed by atoms with Gasteiger partial charge in [0, 0.05) is 10.2 Å². The first-order valence-electron chi connectivity index (χ1n) is 8.05. The molecule has 1 atom stereocenters. The third-order valence-corrected chi connectivity index (χ3v) is 5.26. The van der Waals surface area contributed by atoms with E-state index in [2.05, 4.69) is 21.2 Å². The lowest BCUT2D eigenvalue weighted by atomic mass is 10.1. The highest BCUT2D eigenvalue weighted by Gasteiger charge is 2.42. The normalized spacial score (nSPS) is 14.3. The van der Waals surface area contributed by atoms with Gasteiger partial charge in [0.2, 0.25) is 5.91 Å². The van der Waals surface area contributed by atoms with Crippen LogP contribution in [0.25, 0.3) is 0 Å². The molecule has 3 amide bonds. The summed E-state index contributed by atoms with van der Waals surface area (Å²) in [6.07, 6.45) is 2.32. The molecule has 0 spiro atoms. The molecular formula is C19H17BrN2O3S. The number of halogens is 1. The molecule has 1 heterocycles. The zero-order chi connectivity index (χ0) is 18.7. The molecular weight excluding hydrogens is 416 g/mol. The fourth-order valence-electron chi connectivity index (χ4n) is 2.89. The molecule has 0 radical (unpaired) electrons. The number of amides is 3. The van der Waals surface area contributed by atoms with Crippen molar-refractivity contribution in [2.75, 3.05) is 17.3 Å². The van der Waals surface area contributed by atoms with E-state index in [1.165, 1.54) is 0 Å². The van der Waals surface area contributed by atoms with Gasteiger partial charge in [0.25, 0.3) is 11.8 Å². The molecule has 134 valence electrons. The van der Waals surface area contributed by atoms with Gasteiger partial charge >= 0.3 is 0 Å². The fourth-order valence-corrected chi connectivity index (χ4v) is 3.75. The van der Waals surface area contributed by atoms with Crippen LogP contribution < -0.4 is 5.32 Å². The summed E-state index contributed by atoms with van der Waals surface area (Å²) in [6, 6.07) is 13.0. The lowest BCUT2D eigenvalue weighted by Crippen LogP contribution is -2.47. The average molecular weight is 433 g/mol. The Morgan fingerprint density at radius 2 is 1.77 bits per heavy atom. The van der Waals surface area contributed by atoms with Crippen LogP contribution in [0.2, 0.25) is 0 Å². The van der Waals surface area contributed by atoms with Crippen LogP contribution in [-0.4, -0.2) is 40.7 Å². The zero-order valence-corrected chi connectivity index (χ0v) is 16.5. The van der Waals surface area contributed by atoms with Gasteiger partial charge in [-0.25, -0.2) is 0 Å². The zero-order valence-electron chi connectivity index (χ0n) is 14.1. The Morgan fingerprint density at radius 1 is 1.12 bits per heavy atom. The minimum atomic E-state index is -0.853. The van der Waals surface area contributed by atoms with E-state index < -0.39 is 17.9 Å². The fraction of sp³-hybridized carbons (Fsp3) is 0.211. The number of imide groups is 1. The molecule has 7 heteroatoms. The largest absolute Gasteiger partial charge is 0.324 e. The maximum Gasteiger partial charge on any atom is 0.262 e. The summed E-state index contributed by atoms with van der Waals surface area (Å²) in [4.78, 5) is 39.4. The van der Waals surface area contributed by atoms with Crippen LogP contribution in [-0.2, 0) is 4.79 Å². The van der Waals surface area contributed by atoms with Crippen LogP contribution in [0.5, 0.6) is 0 Å². The first kappa shape index (κ1) is 18.7. The first-order valence-corrected chi connectivity index (χ1v) is 10.2. The second-order valence-corrected chi connectivity index (χ2v) is 7.72. The van der Waals surface area contributed by atoms with Crippen molar-refractivity contribution >= 4 is 51.1 Å². The molecule has 0 unspecified atom stereocenters. The first-order chi connectivity index (χ1) is 12.5. The Balaban J connectivity index is 1.88. The number of thioether (sulfide) groups is 1. The summed E-state index contributed by atoms with van der Waals surface area (Å²) in [5, 5.41) is 2.81. The van der Waals surface area contributed by atoms with E-state index in [-0.39, 0.29) is 5.91 Å². The minimum absolute atomic E-state index is 0.349. The summed E-state index contributed by atoms with van der Waals surface area (Å²) in [5.41, 5.74) is 1.30. The molecule has 2 aromatic carbocycles. The van der Waals surface area contributed by atoms with E-state index in [0.29, 0.717) is 29.0 Å². The molecule has 0 aliphatic carbocycles. The van der Waals surface area contributed by atoms with Crippen molar-refractivity contribution in [1.29, 1.82) is 0 Å². The van der Waals surface area contributed by atoms with Crippen LogP contribution in [0.3, 0.4) is 0 Å². The highest BCUT2D eigenvalue weighted by Crippen LogP contribution is 2.27. The highest BCUT2D eigenvalue weighted by molar-refractivity contribution is 9.10. The number of hydrogen-bond acceptors (Lipinski definition) is 4. The second kappa shape index (κ2) is 8.05. The average Bonchev–Trinajstić information content (AvgIpc) is 2.87. The quantitative estimate of drug-likeness (QED) is 0.704. The van der Waals surface area contributed by atoms with E-state index in [9.17, 15) is 14.4 Å². The molecule has 0 aromatic heterocycles. The van der Waals surface area contributed by atoms with Crippen molar-refractivity contribution in [2.24, 2.45) is 0 Å². The SMILES string of the molecule is CSCC[C@@H](C(=O)Nc1cccc(Br)c1)N1C(=O)c2ccccc2C1=O. The summed E-state index contributed by atoms with van der Waals surface area (Å²) in [7, 11) is 0. The van der Waals surface area contributed by atoms with Crippen molar-refractivity contribution in [3.05, 3.63) is 64.1 Å². The molecule has 0 fully saturated rings. The molecule has 2 aromatic rings. The number of rotatable bonds is 6. The van der Waals surface area contributed by atoms with Crippen molar-refractivity contribution in [3.8, 4) is 0 Å². The number of anilines is 1. The van der Waals surface area contributed by atoms with Crippen molar-refractivity contribution in [3.63, 3.8) is 0 Å². The Morgan fingerprint density at radius 3 is 2.35 bits per heavy atom. The van der Waals surface area contributed by atoms with Crippen molar-refractivity contribution < 1.29 is 14.4 Å². The van der Waals surface area contributed by atoms with Gasteiger partial charge in [0.15, 0.2) is 0 Å². The van der Waals surface area contributed by atoms with Crippen LogP contribution in [0.1, 0.15) is 27.1 Å². The molecule has 0 saturated carbocycles. The van der Waals surface area contributed by atoms with Gasteiger partial charge in [-0.2, -0.15) is 11.8 Å². The summed E-state index contributed by atoms with van der Waals surface area (Å²) in [6.45, 7) is 0. The van der Waals surface area contributed by atoms with E-state index in [0.717, 1.165) is 9.37 Å². The lowest BCUT2D eigenvalue weighted by molar-refractivity contribution is -0.120. The van der Waals surface area contributed by atoms with Gasteiger partial charge < -0.3 is 5.32 Å². The molecule has 1 aliphatic rings. The third kappa shape index (κ3) is 3.68. The van der Waals surface area contributed by atoms with E-state index >= 15 is 0 Å². The van der Waals surface area contributed by atoms with Crippen LogP contribution in [0, 0.1) is 0 Å². The number of hydrogen-bond donors (Lipinski definition) is 1. The number of benzene rings is 2. The maximum atomic E-state index is 12.9. The van der Waals surface area contributed by atoms with Gasteiger partial charge in [-0.1, -0.05) is 34.1 Å². The number of nitrogens with one attached hydrogen (secondary N) is 1. The highest BCUT2D eigenvalue weighted by atomic mass is 79.9. The van der Waals surface area contributed by atoms with E-state index in [4.69, 9.17) is 0 Å². The number of carbonyl (C=O) groups excluding carboxylic acids is 3. The standard InChI is InChI=1S/C19H17BrN2O3S/c1-26-10-9-16(17(23)21-13-6-4-5-12(20)11-13)22-18(24)14-7-2-3-8-15(14)19(22)25/h2-8,11,16H,9-10H2,1H3,(H,21,23)/t16-/m0/s1. The molecule has 0 saturated heterocycles. The number of nitrogens with zero attached hydrogens (tertiary/aromatic N) is 1. The summed E-state index contributed by atoms with van der Waals surface area (Å²) in [5.74, 6) is -0.543. The monoisotopic (exact) mass is 432 g/mol. The Bertz CT molecular complexity index is 836. The molecule has 1 aliphatic heterocycles. The van der Waals surface area contributed by atoms with Crippen molar-refractivity contribution in [1.82, 2.24) is 4.90 Å². The predicted octanol–water partition coefficient (Wildman–Crippen LogP) is 3.81. The summed E-state index contributed by atoms with van der Waals surface area (Å²) < 4.78 is 0.830. The minimum Gasteiger partial charge on any atom is -0.324 e. The van der Waals surface area contributed by atoms with Crippen molar-refractivity contribution in [2.45, 2.75) is 12.5 Å². The smallest absolute Gasteiger partial charge is 0.262 e. The third-order valence-electron chi connectivity index (χ3n) is 4.13. The van der Waals surface area contributed by atoms with Gasteiger partial charge in [0.1, 0.15) is 6.04 Å². The van der Waals surface area contributed by atoms with Gasteiger partial charge in [-0.15, -0.1) is 0 Å². The Kier molecular flexibility index (Phi) is 5.78. The Labute approximate surface area is 164 Å². The molecule has 3 rings (SSSR count). The van der Waals surface area contributed by atoms with Gasteiger partial charge in [-0.3, -0.25) is 19.3 Å². The maximum absolute atomic E-state index is 12.9. The molecule has 0 bridgehead atoms. The van der Waals surface area contributed by atoms with Crippen LogP contribution in [0.4, 0.5) is 5.69 Å². The molecule has 5 nitrogen and oxygen atoms in total. The summed E-state index contributed by atoms with van der Waals surface area (Å²) >= 11 is 4.93. The molecule has 26 heavy (non-hydrogen) atoms. The molecule has 1 N–H and O–H groups in total. The second-order valence-electron chi connectivity index (χ2n) is 5.82. The van der Waals surface area contributed by atoms with Crippen LogP contribution in [0.15, 0.2) is 53.0 Å². The topological polar surface area (TPSA) is 66.5 Å². The van der Waals surface area contributed by atoms with Gasteiger partial charge in [-0.05, 0) is 48.8 Å². The number of carbonyl (C=O) groups is 3. The number of fused-ring (bicyclic) bond motifs is 1. The predicted molar refractivity (Wildman–Crippen MR) is 107 cm³/mol. The van der Waals surface area contributed by atoms with Crippen LogP contribution >= 0.6 is 27.7 Å². The van der Waals surface area contributed by atoms with E-state index in [1.54, 1.807) is 54.2 Å². The van der Waals surface area contributed by atoms with E-state index in [1.807, 2.05) is 12.3 Å². The van der Waals surface area contributed by atoms with Gasteiger partial charge in [0.05, 0.1) is 11.1 Å². The Hall–Kier alpha value is -2.12.